The number of Topliss-reactive ketones (excluding diaryl/α,β-unsaturated/α-hetero) is 1. The van der Waals surface area contributed by atoms with Crippen LogP contribution in [0.1, 0.15) is 67.9 Å². The molecule has 1 aliphatic heterocycles. The molecule has 4 rings (SSSR count). The first-order valence-electron chi connectivity index (χ1n) is 12.1. The van der Waals surface area contributed by atoms with Crippen molar-refractivity contribution < 1.29 is 19.1 Å². The molecule has 1 saturated heterocycles. The van der Waals surface area contributed by atoms with E-state index in [0.717, 1.165) is 67.6 Å². The number of ketones is 1. The molecule has 5 nitrogen and oxygen atoms in total. The lowest BCUT2D eigenvalue weighted by Crippen LogP contribution is -2.41. The van der Waals surface area contributed by atoms with Crippen LogP contribution in [0.15, 0.2) is 48.5 Å². The van der Waals surface area contributed by atoms with Gasteiger partial charge in [-0.15, -0.1) is 0 Å². The Morgan fingerprint density at radius 3 is 2.64 bits per heavy atom. The molecular formula is C28H35NO4. The number of nitrogens with zero attached hydrogens (tertiary/aromatic N) is 1. The van der Waals surface area contributed by atoms with E-state index in [2.05, 4.69) is 4.90 Å². The molecule has 2 aromatic carbocycles. The minimum atomic E-state index is -0.474. The third-order valence-corrected chi connectivity index (χ3v) is 6.53. The number of esters is 1. The summed E-state index contributed by atoms with van der Waals surface area (Å²) in [6.07, 6.45) is 4.34. The number of likely N-dealkylation sites (tertiary alicyclic amines) is 1. The third kappa shape index (κ3) is 6.02. The van der Waals surface area contributed by atoms with E-state index >= 15 is 0 Å². The second-order valence-corrected chi connectivity index (χ2v) is 10.2. The lowest BCUT2D eigenvalue weighted by molar-refractivity contribution is -0.160. The summed E-state index contributed by atoms with van der Waals surface area (Å²) in [6, 6.07) is 15.7. The first kappa shape index (κ1) is 23.5. The van der Waals surface area contributed by atoms with Crippen molar-refractivity contribution in [1.29, 1.82) is 0 Å². The van der Waals surface area contributed by atoms with E-state index < -0.39 is 5.60 Å². The van der Waals surface area contributed by atoms with Crippen LogP contribution in [0, 0.1) is 5.92 Å². The van der Waals surface area contributed by atoms with Crippen LogP contribution in [-0.4, -0.2) is 41.4 Å². The SMILES string of the molecule is CC(C)(C)OC(=O)[C@@H]1CCCN1CCC1CCc2cc(OCc3ccccc3)ccc2C1=O. The molecule has 2 aliphatic rings. The Hall–Kier alpha value is -2.66. The maximum Gasteiger partial charge on any atom is 0.323 e. The molecule has 1 aliphatic carbocycles. The lowest BCUT2D eigenvalue weighted by Gasteiger charge is -2.29. The fourth-order valence-corrected chi connectivity index (χ4v) is 4.86. The zero-order valence-electron chi connectivity index (χ0n) is 20.0. The second kappa shape index (κ2) is 10.1. The van der Waals surface area contributed by atoms with Gasteiger partial charge < -0.3 is 9.47 Å². The number of aryl methyl sites for hydroxylation is 1. The number of fused-ring (bicyclic) bond motifs is 1. The first-order valence-corrected chi connectivity index (χ1v) is 12.1. The van der Waals surface area contributed by atoms with Crippen molar-refractivity contribution in [3.63, 3.8) is 0 Å². The standard InChI is InChI=1S/C28H35NO4/c1-28(2,3)33-27(31)25-10-7-16-29(25)17-15-21-11-12-22-18-23(13-14-24(22)26(21)30)32-19-20-8-5-4-6-9-20/h4-6,8-9,13-14,18,21,25H,7,10-12,15-17,19H2,1-3H3/t21?,25-/m0/s1. The highest BCUT2D eigenvalue weighted by Gasteiger charge is 2.35. The van der Waals surface area contributed by atoms with E-state index in [1.807, 2.05) is 69.3 Å². The molecule has 0 N–H and O–H groups in total. The molecule has 0 saturated carbocycles. The fraction of sp³-hybridized carbons (Fsp3) is 0.500. The summed E-state index contributed by atoms with van der Waals surface area (Å²) in [5.74, 6) is 0.900. The molecule has 0 aromatic heterocycles. The van der Waals surface area contributed by atoms with Gasteiger partial charge in [-0.1, -0.05) is 30.3 Å². The average molecular weight is 450 g/mol. The number of carbonyl (C=O) groups excluding carboxylic acids is 2. The molecule has 0 bridgehead atoms. The van der Waals surface area contributed by atoms with E-state index in [1.54, 1.807) is 0 Å². The van der Waals surface area contributed by atoms with E-state index in [-0.39, 0.29) is 23.7 Å². The van der Waals surface area contributed by atoms with Crippen molar-refractivity contribution in [2.24, 2.45) is 5.92 Å². The normalized spacial score (nSPS) is 21.0. The fourth-order valence-electron chi connectivity index (χ4n) is 4.86. The number of rotatable bonds is 7. The lowest BCUT2D eigenvalue weighted by atomic mass is 9.81. The van der Waals surface area contributed by atoms with E-state index in [0.29, 0.717) is 6.61 Å². The molecule has 2 aromatic rings. The number of benzene rings is 2. The highest BCUT2D eigenvalue weighted by molar-refractivity contribution is 6.00. The van der Waals surface area contributed by atoms with Crippen molar-refractivity contribution in [3.05, 3.63) is 65.2 Å². The molecule has 0 radical (unpaired) electrons. The van der Waals surface area contributed by atoms with Gasteiger partial charge in [0, 0.05) is 11.5 Å². The predicted octanol–water partition coefficient (Wildman–Crippen LogP) is 5.21. The van der Waals surface area contributed by atoms with E-state index in [1.165, 1.54) is 0 Å². The molecule has 1 unspecified atom stereocenters. The van der Waals surface area contributed by atoms with Gasteiger partial charge in [0.1, 0.15) is 24.0 Å². The van der Waals surface area contributed by atoms with Crippen LogP contribution in [0.5, 0.6) is 5.75 Å². The van der Waals surface area contributed by atoms with Crippen molar-refractivity contribution >= 4 is 11.8 Å². The Morgan fingerprint density at radius 1 is 1.09 bits per heavy atom. The summed E-state index contributed by atoms with van der Waals surface area (Å²) in [5.41, 5.74) is 2.55. The van der Waals surface area contributed by atoms with Crippen LogP contribution in [0.2, 0.25) is 0 Å². The highest BCUT2D eigenvalue weighted by Crippen LogP contribution is 2.31. The average Bonchev–Trinajstić information content (AvgIpc) is 3.26. The molecule has 176 valence electrons. The summed E-state index contributed by atoms with van der Waals surface area (Å²) in [6.45, 7) is 7.88. The van der Waals surface area contributed by atoms with Crippen LogP contribution in [0.25, 0.3) is 0 Å². The van der Waals surface area contributed by atoms with E-state index in [4.69, 9.17) is 9.47 Å². The van der Waals surface area contributed by atoms with Gasteiger partial charge >= 0.3 is 5.97 Å². The second-order valence-electron chi connectivity index (χ2n) is 10.2. The monoisotopic (exact) mass is 449 g/mol. The van der Waals surface area contributed by atoms with Crippen LogP contribution in [-0.2, 0) is 22.6 Å². The van der Waals surface area contributed by atoms with Crippen molar-refractivity contribution in [3.8, 4) is 5.75 Å². The molecule has 0 amide bonds. The molecule has 5 heteroatoms. The minimum Gasteiger partial charge on any atom is -0.489 e. The zero-order valence-corrected chi connectivity index (χ0v) is 20.0. The minimum absolute atomic E-state index is 0.00785. The van der Waals surface area contributed by atoms with Crippen LogP contribution >= 0.6 is 0 Å². The quantitative estimate of drug-likeness (QED) is 0.544. The molecule has 1 heterocycles. The number of ether oxygens (including phenoxy) is 2. The summed E-state index contributed by atoms with van der Waals surface area (Å²) in [5, 5.41) is 0. The summed E-state index contributed by atoms with van der Waals surface area (Å²) in [4.78, 5) is 28.0. The number of carbonyl (C=O) groups is 2. The third-order valence-electron chi connectivity index (χ3n) is 6.53. The summed E-state index contributed by atoms with van der Waals surface area (Å²) >= 11 is 0. The van der Waals surface area contributed by atoms with Crippen LogP contribution in [0.4, 0.5) is 0 Å². The van der Waals surface area contributed by atoms with Crippen molar-refractivity contribution in [2.75, 3.05) is 13.1 Å². The van der Waals surface area contributed by atoms with Gasteiger partial charge in [-0.3, -0.25) is 14.5 Å². The number of hydrogen-bond acceptors (Lipinski definition) is 5. The van der Waals surface area contributed by atoms with Gasteiger partial charge in [0.2, 0.25) is 0 Å². The van der Waals surface area contributed by atoms with E-state index in [9.17, 15) is 9.59 Å². The number of hydrogen-bond donors (Lipinski definition) is 0. The van der Waals surface area contributed by atoms with Crippen LogP contribution in [0.3, 0.4) is 0 Å². The predicted molar refractivity (Wildman–Crippen MR) is 128 cm³/mol. The highest BCUT2D eigenvalue weighted by atomic mass is 16.6. The maximum absolute atomic E-state index is 13.2. The Labute approximate surface area is 197 Å². The molecular weight excluding hydrogens is 414 g/mol. The summed E-state index contributed by atoms with van der Waals surface area (Å²) in [7, 11) is 0. The van der Waals surface area contributed by atoms with Crippen LogP contribution < -0.4 is 4.74 Å². The topological polar surface area (TPSA) is 55.8 Å². The molecule has 1 fully saturated rings. The Kier molecular flexibility index (Phi) is 7.18. The zero-order chi connectivity index (χ0) is 23.4. The molecule has 0 spiro atoms. The maximum atomic E-state index is 13.2. The van der Waals surface area contributed by atoms with Gasteiger partial charge in [0.25, 0.3) is 0 Å². The largest absolute Gasteiger partial charge is 0.489 e. The molecule has 2 atom stereocenters. The van der Waals surface area contributed by atoms with Crippen molar-refractivity contribution in [1.82, 2.24) is 4.90 Å². The Balaban J connectivity index is 1.33. The van der Waals surface area contributed by atoms with Gasteiger partial charge in [-0.05, 0) is 95.3 Å². The van der Waals surface area contributed by atoms with Gasteiger partial charge in [0.15, 0.2) is 5.78 Å². The first-order chi connectivity index (χ1) is 15.8. The van der Waals surface area contributed by atoms with Gasteiger partial charge in [0.05, 0.1) is 0 Å². The Morgan fingerprint density at radius 2 is 1.88 bits per heavy atom. The summed E-state index contributed by atoms with van der Waals surface area (Å²) < 4.78 is 11.6. The smallest absolute Gasteiger partial charge is 0.323 e. The Bertz CT molecular complexity index is 979. The van der Waals surface area contributed by atoms with Gasteiger partial charge in [-0.25, -0.2) is 0 Å². The van der Waals surface area contributed by atoms with Crippen molar-refractivity contribution in [2.45, 2.75) is 71.1 Å². The van der Waals surface area contributed by atoms with Gasteiger partial charge in [-0.2, -0.15) is 0 Å². The molecule has 33 heavy (non-hydrogen) atoms.